The second-order valence-corrected chi connectivity index (χ2v) is 17.1. The maximum atomic E-state index is 16.5. The van der Waals surface area contributed by atoms with E-state index in [1.165, 1.54) is 10.5 Å². The molecule has 3 fully saturated rings. The predicted molar refractivity (Wildman–Crippen MR) is 251 cm³/mol. The van der Waals surface area contributed by atoms with Gasteiger partial charge in [-0.05, 0) is 105 Å². The molecule has 4 aliphatic rings. The fourth-order valence-electron chi connectivity index (χ4n) is 9.61. The number of hydrogen-bond acceptors (Lipinski definition) is 12. The maximum absolute atomic E-state index is 16.5. The van der Waals surface area contributed by atoms with Crippen molar-refractivity contribution >= 4 is 51.8 Å². The van der Waals surface area contributed by atoms with Gasteiger partial charge in [-0.25, -0.2) is 4.39 Å². The molecule has 4 amide bonds. The fourth-order valence-corrected chi connectivity index (χ4v) is 9.61. The first-order valence-corrected chi connectivity index (χ1v) is 23.5. The standard InChI is InChI=1S/C48H51FN6O7.C2H6.O2S/c1-4-61-41-26-30(8-16-40(41)60-3)28-55-46(58)36-6-5-7-38(43(36)47(55)59)54-24-20-48(49,21-25-54)29-53-22-18-32(19-23-53)31-9-11-33(12-10-31)62-34-13-14-35-39(27-34)52(2)51-44(35)37-15-17-42(56)50-45(37)57;1-2;1-3-2/h5-14,16,26-27,32,37H,4,15,17-25,28-29H2,1-3H3,(H,50,56,57);1-2H3;. The second-order valence-electron chi connectivity index (χ2n) is 16.9. The Balaban J connectivity index is 0.00000128. The molecule has 17 heteroatoms. The number of halogens is 1. The highest BCUT2D eigenvalue weighted by Gasteiger charge is 2.42. The second kappa shape index (κ2) is 21.4. The van der Waals surface area contributed by atoms with Gasteiger partial charge in [0.25, 0.3) is 11.8 Å². The van der Waals surface area contributed by atoms with E-state index in [4.69, 9.17) is 22.6 Å². The van der Waals surface area contributed by atoms with Crippen LogP contribution in [0.5, 0.6) is 23.0 Å². The highest BCUT2D eigenvalue weighted by molar-refractivity contribution is 7.51. The Morgan fingerprint density at radius 3 is 2.22 bits per heavy atom. The summed E-state index contributed by atoms with van der Waals surface area (Å²) in [5.41, 5.74) is 3.59. The van der Waals surface area contributed by atoms with E-state index < -0.39 is 23.2 Å². The van der Waals surface area contributed by atoms with Gasteiger partial charge < -0.3 is 24.0 Å². The summed E-state index contributed by atoms with van der Waals surface area (Å²) in [6, 6.07) is 24.7. The van der Waals surface area contributed by atoms with E-state index in [1.54, 1.807) is 36.1 Å². The lowest BCUT2D eigenvalue weighted by Crippen LogP contribution is -2.50. The molecule has 9 rings (SSSR count). The zero-order chi connectivity index (χ0) is 47.8. The van der Waals surface area contributed by atoms with Crippen molar-refractivity contribution in [2.75, 3.05) is 51.3 Å². The maximum Gasteiger partial charge on any atom is 0.335 e. The molecule has 1 atom stereocenters. The van der Waals surface area contributed by atoms with E-state index in [-0.39, 0.29) is 30.2 Å². The molecule has 4 aromatic carbocycles. The van der Waals surface area contributed by atoms with Crippen molar-refractivity contribution in [3.8, 4) is 23.0 Å². The number of alkyl halides is 1. The summed E-state index contributed by atoms with van der Waals surface area (Å²) in [5.74, 6) is 1.16. The summed E-state index contributed by atoms with van der Waals surface area (Å²) in [5, 5.41) is 7.92. The molecular formula is C50H57FN6O9S. The Labute approximate surface area is 393 Å². The molecule has 0 radical (unpaired) electrons. The number of carbonyl (C=O) groups excluding carboxylic acids is 4. The smallest absolute Gasteiger partial charge is 0.335 e. The fraction of sp³-hybridized carbons (Fsp3) is 0.420. The first kappa shape index (κ1) is 48.5. The Bertz CT molecular complexity index is 2650. The van der Waals surface area contributed by atoms with Crippen LogP contribution < -0.4 is 24.4 Å². The van der Waals surface area contributed by atoms with Crippen LogP contribution in [0.4, 0.5) is 10.1 Å². The van der Waals surface area contributed by atoms with Gasteiger partial charge in [0.2, 0.25) is 11.8 Å². The summed E-state index contributed by atoms with van der Waals surface area (Å²) in [4.78, 5) is 57.2. The van der Waals surface area contributed by atoms with E-state index in [9.17, 15) is 19.2 Å². The number of carbonyl (C=O) groups is 4. The molecule has 5 aromatic rings. The van der Waals surface area contributed by atoms with Gasteiger partial charge in [0, 0.05) is 57.4 Å². The number of likely N-dealkylation sites (tertiary alicyclic amines) is 1. The number of fused-ring (bicyclic) bond motifs is 2. The molecule has 67 heavy (non-hydrogen) atoms. The van der Waals surface area contributed by atoms with Gasteiger partial charge in [-0.15, -0.1) is 0 Å². The SMILES string of the molecule is CC.CCOc1cc(CN2C(=O)c3cccc(N4CCC(F)(CN5CCC(c6ccc(Oc7ccc8c(C9CCC(=O)NC9=O)nn(C)c8c7)cc6)CC5)CC4)c3C2=O)ccc1OC.O=S=O. The number of hydrogen-bond donors (Lipinski definition) is 1. The first-order chi connectivity index (χ1) is 32.4. The van der Waals surface area contributed by atoms with E-state index >= 15 is 4.39 Å². The molecule has 1 aromatic heterocycles. The largest absolute Gasteiger partial charge is 0.493 e. The van der Waals surface area contributed by atoms with E-state index in [2.05, 4.69) is 32.3 Å². The molecular weight excluding hydrogens is 880 g/mol. The van der Waals surface area contributed by atoms with E-state index in [0.717, 1.165) is 42.4 Å². The van der Waals surface area contributed by atoms with Crippen molar-refractivity contribution in [2.45, 2.75) is 83.3 Å². The number of rotatable bonds is 12. The van der Waals surface area contributed by atoms with Gasteiger partial charge in [0.05, 0.1) is 54.2 Å². The Hall–Kier alpha value is -6.46. The van der Waals surface area contributed by atoms with Crippen LogP contribution in [0.1, 0.15) is 109 Å². The number of methoxy groups -OCH3 is 1. The van der Waals surface area contributed by atoms with Crippen molar-refractivity contribution in [2.24, 2.45) is 7.05 Å². The van der Waals surface area contributed by atoms with E-state index in [1.807, 2.05) is 70.3 Å². The molecule has 354 valence electrons. The average molecular weight is 937 g/mol. The minimum absolute atomic E-state index is 0.100. The molecule has 5 heterocycles. The summed E-state index contributed by atoms with van der Waals surface area (Å²) in [7, 11) is 3.40. The topological polar surface area (TPSA) is 170 Å². The number of aryl methyl sites for hydroxylation is 1. The van der Waals surface area contributed by atoms with Crippen molar-refractivity contribution in [1.82, 2.24) is 24.9 Å². The quantitative estimate of drug-likeness (QED) is 0.122. The third-order valence-corrected chi connectivity index (χ3v) is 12.9. The normalized spacial score (nSPS) is 18.3. The van der Waals surface area contributed by atoms with Gasteiger partial charge in [-0.1, -0.05) is 38.1 Å². The summed E-state index contributed by atoms with van der Waals surface area (Å²) < 4.78 is 52.2. The molecule has 0 saturated carbocycles. The number of aromatic nitrogens is 2. The molecule has 1 unspecified atom stereocenters. The molecule has 4 aliphatic heterocycles. The third kappa shape index (κ3) is 10.6. The first-order valence-electron chi connectivity index (χ1n) is 22.9. The van der Waals surface area contributed by atoms with Crippen molar-refractivity contribution in [3.63, 3.8) is 0 Å². The Kier molecular flexibility index (Phi) is 15.5. The molecule has 0 spiro atoms. The zero-order valence-electron chi connectivity index (χ0n) is 38.5. The lowest BCUT2D eigenvalue weighted by Gasteiger charge is -2.42. The predicted octanol–water partition coefficient (Wildman–Crippen LogP) is 7.63. The number of amides is 4. The average Bonchev–Trinajstić information content (AvgIpc) is 3.78. The van der Waals surface area contributed by atoms with Crippen LogP contribution in [-0.4, -0.2) is 104 Å². The molecule has 0 bridgehead atoms. The Morgan fingerprint density at radius 1 is 0.851 bits per heavy atom. The lowest BCUT2D eigenvalue weighted by atomic mass is 9.87. The monoisotopic (exact) mass is 936 g/mol. The third-order valence-electron chi connectivity index (χ3n) is 12.9. The number of ether oxygens (including phenoxy) is 3. The van der Waals surface area contributed by atoms with Crippen LogP contribution in [0.2, 0.25) is 0 Å². The van der Waals surface area contributed by atoms with Crippen molar-refractivity contribution in [1.29, 1.82) is 0 Å². The zero-order valence-corrected chi connectivity index (χ0v) is 39.4. The number of imide groups is 2. The summed E-state index contributed by atoms with van der Waals surface area (Å²) >= 11 is -0.750. The van der Waals surface area contributed by atoms with Crippen molar-refractivity contribution in [3.05, 3.63) is 107 Å². The van der Waals surface area contributed by atoms with Gasteiger partial charge >= 0.3 is 11.6 Å². The van der Waals surface area contributed by atoms with Crippen LogP contribution in [0.15, 0.2) is 78.9 Å². The van der Waals surface area contributed by atoms with Crippen LogP contribution in [0.3, 0.4) is 0 Å². The molecule has 3 saturated heterocycles. The lowest BCUT2D eigenvalue weighted by molar-refractivity contribution is -0.134. The highest BCUT2D eigenvalue weighted by Crippen LogP contribution is 2.39. The molecule has 0 aliphatic carbocycles. The number of piperidine rings is 3. The Morgan fingerprint density at radius 2 is 1.55 bits per heavy atom. The van der Waals surface area contributed by atoms with Crippen LogP contribution in [-0.2, 0) is 34.8 Å². The van der Waals surface area contributed by atoms with Gasteiger partial charge in [0.15, 0.2) is 11.5 Å². The van der Waals surface area contributed by atoms with Gasteiger partial charge in [-0.2, -0.15) is 13.5 Å². The highest BCUT2D eigenvalue weighted by atomic mass is 32.1. The minimum Gasteiger partial charge on any atom is -0.493 e. The molecule has 1 N–H and O–H groups in total. The number of anilines is 1. The number of benzene rings is 4. The minimum atomic E-state index is -1.34. The van der Waals surface area contributed by atoms with E-state index in [0.29, 0.717) is 103 Å². The van der Waals surface area contributed by atoms with Crippen LogP contribution in [0.25, 0.3) is 10.9 Å². The number of nitrogens with zero attached hydrogens (tertiary/aromatic N) is 5. The summed E-state index contributed by atoms with van der Waals surface area (Å²) in [6.45, 7) is 9.33. The number of nitrogens with one attached hydrogen (secondary N) is 1. The van der Waals surface area contributed by atoms with Crippen LogP contribution in [0, 0.1) is 0 Å². The van der Waals surface area contributed by atoms with Crippen molar-refractivity contribution < 1.29 is 46.2 Å². The van der Waals surface area contributed by atoms with Crippen LogP contribution >= 0.6 is 0 Å². The molecule has 15 nitrogen and oxygen atoms in total. The van der Waals surface area contributed by atoms with Gasteiger partial charge in [-0.3, -0.25) is 34.1 Å². The summed E-state index contributed by atoms with van der Waals surface area (Å²) in [6.07, 6.45) is 3.27. The van der Waals surface area contributed by atoms with Gasteiger partial charge in [0.1, 0.15) is 17.2 Å².